The van der Waals surface area contributed by atoms with E-state index < -0.39 is 0 Å². The van der Waals surface area contributed by atoms with Crippen molar-refractivity contribution in [2.75, 3.05) is 4.90 Å². The smallest absolute Gasteiger partial charge is 0.0465 e. The molecule has 10 aromatic rings. The standard InChI is InChI=1S/C64H49N/c1-63(2)59-38-48(43-16-9-6-10-17-43)28-34-55(59)57-36-32-51(40-61(57)63)65(50-30-26-46(27-31-50)45-24-22-44(23-25-45)42-14-7-5-8-15-42)52-33-37-58-56-35-29-49(39-60(56)64(3,4)62(58)41-52)54-21-13-19-47-18-11-12-20-53(47)54/h5-41H,1-4H3. The van der Waals surface area contributed by atoms with Crippen LogP contribution in [-0.4, -0.2) is 0 Å². The van der Waals surface area contributed by atoms with Gasteiger partial charge in [0.25, 0.3) is 0 Å². The van der Waals surface area contributed by atoms with Crippen LogP contribution in [0.25, 0.3) is 77.5 Å². The SMILES string of the molecule is CC1(C)c2cc(-c3ccccc3)ccc2-c2ccc(N(c3ccc(-c4ccc(-c5ccccc5)cc4)cc3)c3ccc4c(c3)C(C)(C)c3cc(-c5cccc6ccccc56)ccc3-4)cc21. The molecule has 1 nitrogen and oxygen atoms in total. The van der Waals surface area contributed by atoms with Gasteiger partial charge in [0.05, 0.1) is 0 Å². The monoisotopic (exact) mass is 831 g/mol. The molecule has 0 atom stereocenters. The second-order valence-electron chi connectivity index (χ2n) is 18.9. The highest BCUT2D eigenvalue weighted by Gasteiger charge is 2.38. The average molecular weight is 832 g/mol. The van der Waals surface area contributed by atoms with Gasteiger partial charge in [0, 0.05) is 27.9 Å². The molecule has 10 aromatic carbocycles. The zero-order valence-electron chi connectivity index (χ0n) is 37.3. The maximum Gasteiger partial charge on any atom is 0.0465 e. The highest BCUT2D eigenvalue weighted by Crippen LogP contribution is 2.54. The molecule has 0 unspecified atom stereocenters. The molecule has 0 saturated carbocycles. The number of nitrogens with zero attached hydrogens (tertiary/aromatic N) is 1. The fourth-order valence-corrected chi connectivity index (χ4v) is 10.9. The van der Waals surface area contributed by atoms with Crippen LogP contribution in [0.15, 0.2) is 224 Å². The van der Waals surface area contributed by atoms with Crippen LogP contribution < -0.4 is 4.90 Å². The largest absolute Gasteiger partial charge is 0.310 e. The molecule has 0 bridgehead atoms. The Morgan fingerprint density at radius 1 is 0.262 bits per heavy atom. The first-order valence-corrected chi connectivity index (χ1v) is 22.9. The van der Waals surface area contributed by atoms with Gasteiger partial charge in [0.15, 0.2) is 0 Å². The number of anilines is 3. The van der Waals surface area contributed by atoms with Crippen molar-refractivity contribution in [3.05, 3.63) is 247 Å². The Morgan fingerprint density at radius 2 is 0.631 bits per heavy atom. The summed E-state index contributed by atoms with van der Waals surface area (Å²) in [4.78, 5) is 2.47. The van der Waals surface area contributed by atoms with Gasteiger partial charge < -0.3 is 4.90 Å². The minimum atomic E-state index is -0.208. The van der Waals surface area contributed by atoms with Crippen LogP contribution in [0.4, 0.5) is 17.1 Å². The van der Waals surface area contributed by atoms with Gasteiger partial charge in [-0.15, -0.1) is 0 Å². The van der Waals surface area contributed by atoms with Crippen LogP contribution in [-0.2, 0) is 10.8 Å². The third-order valence-corrected chi connectivity index (χ3v) is 14.5. The van der Waals surface area contributed by atoms with Crippen molar-refractivity contribution >= 4 is 27.8 Å². The van der Waals surface area contributed by atoms with Crippen LogP contribution in [0, 0.1) is 0 Å². The van der Waals surface area contributed by atoms with E-state index in [1.54, 1.807) is 0 Å². The lowest BCUT2D eigenvalue weighted by Gasteiger charge is -2.30. The summed E-state index contributed by atoms with van der Waals surface area (Å²) in [5.41, 5.74) is 23.6. The fraction of sp³-hybridized carbons (Fsp3) is 0.0938. The number of hydrogen-bond acceptors (Lipinski definition) is 1. The Hall–Kier alpha value is -7.74. The first-order chi connectivity index (χ1) is 31.7. The topological polar surface area (TPSA) is 3.24 Å². The molecule has 65 heavy (non-hydrogen) atoms. The van der Waals surface area contributed by atoms with Crippen molar-refractivity contribution in [3.63, 3.8) is 0 Å². The Balaban J connectivity index is 0.954. The van der Waals surface area contributed by atoms with E-state index in [4.69, 9.17) is 0 Å². The summed E-state index contributed by atoms with van der Waals surface area (Å²) >= 11 is 0. The molecule has 0 fully saturated rings. The molecule has 0 radical (unpaired) electrons. The lowest BCUT2D eigenvalue weighted by atomic mass is 9.81. The predicted molar refractivity (Wildman–Crippen MR) is 276 cm³/mol. The summed E-state index contributed by atoms with van der Waals surface area (Å²) in [7, 11) is 0. The quantitative estimate of drug-likeness (QED) is 0.155. The maximum absolute atomic E-state index is 2.47. The van der Waals surface area contributed by atoms with Crippen LogP contribution in [0.1, 0.15) is 49.9 Å². The van der Waals surface area contributed by atoms with Crippen LogP contribution in [0.3, 0.4) is 0 Å². The Morgan fingerprint density at radius 3 is 1.18 bits per heavy atom. The summed E-state index contributed by atoms with van der Waals surface area (Å²) < 4.78 is 0. The molecule has 0 spiro atoms. The van der Waals surface area contributed by atoms with E-state index in [-0.39, 0.29) is 10.8 Å². The second kappa shape index (κ2) is 14.9. The predicted octanol–water partition coefficient (Wildman–Crippen LogP) is 17.6. The third kappa shape index (κ3) is 6.37. The first-order valence-electron chi connectivity index (χ1n) is 22.9. The van der Waals surface area contributed by atoms with E-state index in [1.807, 2.05) is 0 Å². The highest BCUT2D eigenvalue weighted by atomic mass is 15.1. The van der Waals surface area contributed by atoms with E-state index in [1.165, 1.54) is 99.8 Å². The number of rotatable bonds is 7. The minimum absolute atomic E-state index is 0.184. The Bertz CT molecular complexity index is 3440. The molecule has 2 aliphatic rings. The fourth-order valence-electron chi connectivity index (χ4n) is 10.9. The number of benzene rings is 10. The molecule has 2 aliphatic carbocycles. The maximum atomic E-state index is 2.47. The molecular formula is C64H49N. The van der Waals surface area contributed by atoms with Crippen LogP contribution in [0.5, 0.6) is 0 Å². The molecule has 0 amide bonds. The van der Waals surface area contributed by atoms with Crippen molar-refractivity contribution in [2.45, 2.75) is 38.5 Å². The Kier molecular flexibility index (Phi) is 8.94. The van der Waals surface area contributed by atoms with Crippen molar-refractivity contribution in [3.8, 4) is 66.8 Å². The zero-order valence-corrected chi connectivity index (χ0v) is 37.3. The zero-order chi connectivity index (χ0) is 43.9. The van der Waals surface area contributed by atoms with Crippen LogP contribution >= 0.6 is 0 Å². The highest BCUT2D eigenvalue weighted by molar-refractivity contribution is 5.98. The lowest BCUT2D eigenvalue weighted by Crippen LogP contribution is -2.18. The normalized spacial score (nSPS) is 13.8. The van der Waals surface area contributed by atoms with Crippen molar-refractivity contribution < 1.29 is 0 Å². The van der Waals surface area contributed by atoms with Gasteiger partial charge in [0.1, 0.15) is 0 Å². The summed E-state index contributed by atoms with van der Waals surface area (Å²) in [5.74, 6) is 0. The molecule has 0 heterocycles. The van der Waals surface area contributed by atoms with Gasteiger partial charge in [0.2, 0.25) is 0 Å². The van der Waals surface area contributed by atoms with E-state index in [2.05, 4.69) is 257 Å². The van der Waals surface area contributed by atoms with Gasteiger partial charge in [-0.2, -0.15) is 0 Å². The average Bonchev–Trinajstić information content (AvgIpc) is 3.72. The molecule has 0 saturated heterocycles. The third-order valence-electron chi connectivity index (χ3n) is 14.5. The van der Waals surface area contributed by atoms with Gasteiger partial charge >= 0.3 is 0 Å². The number of hydrogen-bond donors (Lipinski definition) is 0. The molecule has 310 valence electrons. The van der Waals surface area contributed by atoms with E-state index in [0.717, 1.165) is 17.1 Å². The molecule has 1 heteroatoms. The molecule has 0 aromatic heterocycles. The lowest BCUT2D eigenvalue weighted by molar-refractivity contribution is 0.660. The summed E-state index contributed by atoms with van der Waals surface area (Å²) in [6, 6.07) is 83.3. The van der Waals surface area contributed by atoms with Gasteiger partial charge in [-0.05, 0) is 148 Å². The summed E-state index contributed by atoms with van der Waals surface area (Å²) in [6.45, 7) is 9.57. The molecular weight excluding hydrogens is 783 g/mol. The van der Waals surface area contributed by atoms with Gasteiger partial charge in [-0.3, -0.25) is 0 Å². The van der Waals surface area contributed by atoms with Crippen LogP contribution in [0.2, 0.25) is 0 Å². The van der Waals surface area contributed by atoms with E-state index in [9.17, 15) is 0 Å². The van der Waals surface area contributed by atoms with Crippen molar-refractivity contribution in [1.29, 1.82) is 0 Å². The molecule has 12 rings (SSSR count). The summed E-state index contributed by atoms with van der Waals surface area (Å²) in [6.07, 6.45) is 0. The van der Waals surface area contributed by atoms with Crippen molar-refractivity contribution in [2.24, 2.45) is 0 Å². The summed E-state index contributed by atoms with van der Waals surface area (Å²) in [5, 5.41) is 2.55. The first kappa shape index (κ1) is 38.9. The van der Waals surface area contributed by atoms with E-state index in [0.29, 0.717) is 0 Å². The van der Waals surface area contributed by atoms with E-state index >= 15 is 0 Å². The molecule has 0 aliphatic heterocycles. The second-order valence-corrected chi connectivity index (χ2v) is 18.9. The molecule has 0 N–H and O–H groups in total. The minimum Gasteiger partial charge on any atom is -0.310 e. The Labute approximate surface area is 383 Å². The van der Waals surface area contributed by atoms with Gasteiger partial charge in [-0.25, -0.2) is 0 Å². The number of fused-ring (bicyclic) bond motifs is 7. The van der Waals surface area contributed by atoms with Crippen molar-refractivity contribution in [1.82, 2.24) is 0 Å². The van der Waals surface area contributed by atoms with Gasteiger partial charge in [-0.1, -0.05) is 204 Å².